The molecular formula is C24H47N3O2. The van der Waals surface area contributed by atoms with Crippen molar-refractivity contribution in [2.24, 2.45) is 5.73 Å². The fourth-order valence-corrected chi connectivity index (χ4v) is 2.96. The van der Waals surface area contributed by atoms with Gasteiger partial charge in [-0.15, -0.1) is 0 Å². The SMILES string of the molecule is C=CC(=O)NC(C)CCCCCCCCCC.CCC(C=C(C)C(N)=O)N(C)C. The number of nitrogens with zero attached hydrogens (tertiary/aromatic N) is 1. The van der Waals surface area contributed by atoms with Gasteiger partial charge in [0.05, 0.1) is 0 Å². The van der Waals surface area contributed by atoms with E-state index in [2.05, 4.69) is 37.6 Å². The highest BCUT2D eigenvalue weighted by Gasteiger charge is 2.07. The van der Waals surface area contributed by atoms with Crippen molar-refractivity contribution in [1.29, 1.82) is 0 Å². The predicted octanol–water partition coefficient (Wildman–Crippen LogP) is 4.97. The first-order valence-corrected chi connectivity index (χ1v) is 11.3. The number of carbonyl (C=O) groups is 2. The molecule has 0 aromatic heterocycles. The Morgan fingerprint density at radius 2 is 1.55 bits per heavy atom. The summed E-state index contributed by atoms with van der Waals surface area (Å²) in [7, 11) is 3.97. The molecular weight excluding hydrogens is 362 g/mol. The number of nitrogens with one attached hydrogen (secondary N) is 1. The van der Waals surface area contributed by atoms with Crippen LogP contribution in [0, 0.1) is 0 Å². The molecule has 29 heavy (non-hydrogen) atoms. The lowest BCUT2D eigenvalue weighted by atomic mass is 10.1. The number of hydrogen-bond donors (Lipinski definition) is 2. The van der Waals surface area contributed by atoms with Crippen LogP contribution in [0.1, 0.15) is 91.9 Å². The number of rotatable bonds is 15. The lowest BCUT2D eigenvalue weighted by Gasteiger charge is -2.19. The number of primary amides is 1. The fourth-order valence-electron chi connectivity index (χ4n) is 2.96. The number of unbranched alkanes of at least 4 members (excludes halogenated alkanes) is 7. The molecule has 0 heterocycles. The molecule has 0 saturated heterocycles. The van der Waals surface area contributed by atoms with Gasteiger partial charge in [-0.1, -0.05) is 77.9 Å². The Bertz CT molecular complexity index is 473. The highest BCUT2D eigenvalue weighted by atomic mass is 16.1. The van der Waals surface area contributed by atoms with E-state index in [9.17, 15) is 9.59 Å². The second-order valence-corrected chi connectivity index (χ2v) is 8.03. The molecule has 2 atom stereocenters. The van der Waals surface area contributed by atoms with Gasteiger partial charge in [0.1, 0.15) is 0 Å². The Hall–Kier alpha value is -1.62. The van der Waals surface area contributed by atoms with E-state index in [-0.39, 0.29) is 17.9 Å². The molecule has 0 aromatic rings. The lowest BCUT2D eigenvalue weighted by molar-refractivity contribution is -0.117. The Morgan fingerprint density at radius 3 is 1.97 bits per heavy atom. The average molecular weight is 410 g/mol. The molecule has 5 nitrogen and oxygen atoms in total. The molecule has 0 saturated carbocycles. The second kappa shape index (κ2) is 19.7. The van der Waals surface area contributed by atoms with Gasteiger partial charge < -0.3 is 16.0 Å². The van der Waals surface area contributed by atoms with E-state index >= 15 is 0 Å². The molecule has 0 aliphatic rings. The van der Waals surface area contributed by atoms with Crippen LogP contribution < -0.4 is 11.1 Å². The average Bonchev–Trinajstić information content (AvgIpc) is 2.67. The van der Waals surface area contributed by atoms with Crippen molar-refractivity contribution in [2.45, 2.75) is 104 Å². The number of nitrogens with two attached hydrogens (primary N) is 1. The van der Waals surface area contributed by atoms with E-state index in [0.29, 0.717) is 11.6 Å². The van der Waals surface area contributed by atoms with Crippen molar-refractivity contribution in [3.8, 4) is 0 Å². The largest absolute Gasteiger partial charge is 0.366 e. The van der Waals surface area contributed by atoms with Crippen LogP contribution in [-0.4, -0.2) is 42.9 Å². The third kappa shape index (κ3) is 19.5. The number of amides is 2. The summed E-state index contributed by atoms with van der Waals surface area (Å²) in [5.41, 5.74) is 5.75. The first-order valence-electron chi connectivity index (χ1n) is 11.3. The van der Waals surface area contributed by atoms with E-state index in [1.165, 1.54) is 57.4 Å². The quantitative estimate of drug-likeness (QED) is 0.296. The summed E-state index contributed by atoms with van der Waals surface area (Å²) in [6.45, 7) is 11.6. The summed E-state index contributed by atoms with van der Waals surface area (Å²) < 4.78 is 0. The van der Waals surface area contributed by atoms with Gasteiger partial charge in [0.2, 0.25) is 11.8 Å². The number of carbonyl (C=O) groups excluding carboxylic acids is 2. The molecule has 0 fully saturated rings. The van der Waals surface area contributed by atoms with E-state index < -0.39 is 0 Å². The summed E-state index contributed by atoms with van der Waals surface area (Å²) in [4.78, 5) is 23.8. The summed E-state index contributed by atoms with van der Waals surface area (Å²) in [6.07, 6.45) is 16.0. The van der Waals surface area contributed by atoms with Crippen LogP contribution in [0.4, 0.5) is 0 Å². The smallest absolute Gasteiger partial charge is 0.244 e. The van der Waals surface area contributed by atoms with Gasteiger partial charge in [-0.2, -0.15) is 0 Å². The van der Waals surface area contributed by atoms with Crippen molar-refractivity contribution in [1.82, 2.24) is 10.2 Å². The molecule has 0 spiro atoms. The highest BCUT2D eigenvalue weighted by molar-refractivity contribution is 5.91. The molecule has 2 amide bonds. The molecule has 0 rings (SSSR count). The maximum absolute atomic E-state index is 11.0. The topological polar surface area (TPSA) is 75.4 Å². The summed E-state index contributed by atoms with van der Waals surface area (Å²) in [5.74, 6) is -0.396. The van der Waals surface area contributed by atoms with Crippen LogP contribution >= 0.6 is 0 Å². The van der Waals surface area contributed by atoms with Crippen LogP contribution in [0.2, 0.25) is 0 Å². The third-order valence-corrected chi connectivity index (χ3v) is 4.98. The minimum atomic E-state index is -0.338. The van der Waals surface area contributed by atoms with Crippen molar-refractivity contribution in [2.75, 3.05) is 14.1 Å². The van der Waals surface area contributed by atoms with Crippen LogP contribution in [0.25, 0.3) is 0 Å². The van der Waals surface area contributed by atoms with Gasteiger partial charge in [0.15, 0.2) is 0 Å². The Kier molecular flexibility index (Phi) is 20.1. The molecule has 0 radical (unpaired) electrons. The van der Waals surface area contributed by atoms with Crippen molar-refractivity contribution >= 4 is 11.8 Å². The lowest BCUT2D eigenvalue weighted by Crippen LogP contribution is -2.30. The van der Waals surface area contributed by atoms with Gasteiger partial charge in [0, 0.05) is 17.7 Å². The monoisotopic (exact) mass is 409 g/mol. The predicted molar refractivity (Wildman–Crippen MR) is 126 cm³/mol. The highest BCUT2D eigenvalue weighted by Crippen LogP contribution is 2.10. The summed E-state index contributed by atoms with van der Waals surface area (Å²) in [5, 5.41) is 2.89. The Balaban J connectivity index is 0. The summed E-state index contributed by atoms with van der Waals surface area (Å²) >= 11 is 0. The molecule has 0 aromatic carbocycles. The van der Waals surface area contributed by atoms with Gasteiger partial charge >= 0.3 is 0 Å². The van der Waals surface area contributed by atoms with Crippen LogP contribution in [-0.2, 0) is 9.59 Å². The fraction of sp³-hybridized carbons (Fsp3) is 0.750. The standard InChI is InChI=1S/C15H29NO.C9H18N2O/c1-4-6-7-8-9-10-11-12-13-14(3)16-15(17)5-2;1-5-8(11(3)4)6-7(2)9(10)12/h5,14H,2,4,6-13H2,1,3H3,(H,16,17);6,8H,5H2,1-4H3,(H2,10,12). The molecule has 2 unspecified atom stereocenters. The molecule has 3 N–H and O–H groups in total. The molecule has 170 valence electrons. The molecule has 0 aliphatic heterocycles. The zero-order chi connectivity index (χ0) is 22.7. The molecule has 0 aliphatic carbocycles. The van der Waals surface area contributed by atoms with Gasteiger partial charge in [-0.3, -0.25) is 9.59 Å². The maximum Gasteiger partial charge on any atom is 0.244 e. The maximum atomic E-state index is 11.0. The minimum absolute atomic E-state index is 0.0583. The number of hydrogen-bond acceptors (Lipinski definition) is 3. The van der Waals surface area contributed by atoms with Crippen molar-refractivity contribution < 1.29 is 9.59 Å². The van der Waals surface area contributed by atoms with Gasteiger partial charge in [0.25, 0.3) is 0 Å². The van der Waals surface area contributed by atoms with Crippen LogP contribution in [0.3, 0.4) is 0 Å². The Labute approximate surface area is 180 Å². The number of likely N-dealkylation sites (N-methyl/N-ethyl adjacent to an activating group) is 1. The molecule has 5 heteroatoms. The van der Waals surface area contributed by atoms with Crippen molar-refractivity contribution in [3.05, 3.63) is 24.3 Å². The van der Waals surface area contributed by atoms with Crippen LogP contribution in [0.5, 0.6) is 0 Å². The third-order valence-electron chi connectivity index (χ3n) is 4.98. The normalized spacial score (nSPS) is 13.3. The van der Waals surface area contributed by atoms with Crippen LogP contribution in [0.15, 0.2) is 24.3 Å². The van der Waals surface area contributed by atoms with E-state index in [0.717, 1.165) is 12.8 Å². The van der Waals surface area contributed by atoms with Gasteiger partial charge in [-0.05, 0) is 46.9 Å². The van der Waals surface area contributed by atoms with E-state index in [4.69, 9.17) is 5.73 Å². The van der Waals surface area contributed by atoms with E-state index in [1.807, 2.05) is 20.2 Å². The zero-order valence-corrected chi connectivity index (χ0v) is 19.9. The first kappa shape index (κ1) is 29.6. The minimum Gasteiger partial charge on any atom is -0.366 e. The second-order valence-electron chi connectivity index (χ2n) is 8.03. The summed E-state index contributed by atoms with van der Waals surface area (Å²) in [6, 6.07) is 0.582. The Morgan fingerprint density at radius 1 is 1.03 bits per heavy atom. The van der Waals surface area contributed by atoms with Gasteiger partial charge in [-0.25, -0.2) is 0 Å². The van der Waals surface area contributed by atoms with Crippen molar-refractivity contribution in [3.63, 3.8) is 0 Å². The van der Waals surface area contributed by atoms with E-state index in [1.54, 1.807) is 6.92 Å². The zero-order valence-electron chi connectivity index (χ0n) is 19.9. The molecule has 0 bridgehead atoms. The first-order chi connectivity index (χ1) is 13.7.